The second-order valence-corrected chi connectivity index (χ2v) is 5.35. The van der Waals surface area contributed by atoms with Crippen LogP contribution in [-0.2, 0) is 9.59 Å². The number of hydrogen-bond acceptors (Lipinski definition) is 6. The number of fused-ring (bicyclic) bond motifs is 1. The quantitative estimate of drug-likeness (QED) is 0.648. The molecule has 0 spiro atoms. The van der Waals surface area contributed by atoms with Crippen molar-refractivity contribution < 1.29 is 29.4 Å². The minimum Gasteiger partial charge on any atom is -0.550 e. The van der Waals surface area contributed by atoms with Gasteiger partial charge in [0.25, 0.3) is 11.8 Å². The standard InChI is InChI=1S/C13H9Cl2NO6/c14-7-3-5-6(4-8(7)15)12(20)16(11(5)19)9(13(21)22)1-2-10(17)18/h3-4,9H,1-2H2,(H,17,18)(H,21,22)/p-2/t9-/m1/s1. The zero-order valence-electron chi connectivity index (χ0n) is 10.8. The molecule has 0 aliphatic carbocycles. The molecular weight excluding hydrogens is 337 g/mol. The molecule has 0 fully saturated rings. The number of amides is 2. The van der Waals surface area contributed by atoms with Crippen LogP contribution in [0.1, 0.15) is 33.6 Å². The van der Waals surface area contributed by atoms with Crippen molar-refractivity contribution >= 4 is 47.0 Å². The Bertz CT molecular complexity index is 661. The van der Waals surface area contributed by atoms with Gasteiger partial charge in [0.1, 0.15) is 0 Å². The highest BCUT2D eigenvalue weighted by Crippen LogP contribution is 2.32. The molecule has 0 saturated carbocycles. The Hall–Kier alpha value is -2.12. The van der Waals surface area contributed by atoms with Gasteiger partial charge >= 0.3 is 0 Å². The Morgan fingerprint density at radius 3 is 1.86 bits per heavy atom. The average molecular weight is 344 g/mol. The molecule has 1 aromatic rings. The number of halogens is 2. The number of hydrogen-bond donors (Lipinski definition) is 0. The number of carboxylic acids is 2. The molecule has 1 atom stereocenters. The maximum atomic E-state index is 12.2. The van der Waals surface area contributed by atoms with Gasteiger partial charge in [-0.1, -0.05) is 23.2 Å². The maximum Gasteiger partial charge on any atom is 0.262 e. The Morgan fingerprint density at radius 2 is 1.50 bits per heavy atom. The third-order valence-corrected chi connectivity index (χ3v) is 3.89. The van der Waals surface area contributed by atoms with Gasteiger partial charge in [-0.15, -0.1) is 0 Å². The smallest absolute Gasteiger partial charge is 0.262 e. The summed E-state index contributed by atoms with van der Waals surface area (Å²) in [6.07, 6.45) is -1.16. The molecule has 1 aliphatic heterocycles. The number of imide groups is 1. The van der Waals surface area contributed by atoms with Gasteiger partial charge in [0.05, 0.1) is 33.2 Å². The van der Waals surface area contributed by atoms with Gasteiger partial charge in [-0.2, -0.15) is 0 Å². The molecule has 0 saturated heterocycles. The van der Waals surface area contributed by atoms with E-state index in [0.29, 0.717) is 4.90 Å². The van der Waals surface area contributed by atoms with E-state index in [1.54, 1.807) is 0 Å². The fourth-order valence-corrected chi connectivity index (χ4v) is 2.47. The van der Waals surface area contributed by atoms with Gasteiger partial charge in [-0.3, -0.25) is 14.5 Å². The van der Waals surface area contributed by atoms with Crippen molar-refractivity contribution in [1.29, 1.82) is 0 Å². The molecule has 2 amide bonds. The first kappa shape index (κ1) is 16.3. The lowest BCUT2D eigenvalue weighted by molar-refractivity contribution is -0.311. The van der Waals surface area contributed by atoms with E-state index >= 15 is 0 Å². The number of benzene rings is 1. The Kier molecular flexibility index (Phi) is 4.39. The lowest BCUT2D eigenvalue weighted by atomic mass is 10.1. The van der Waals surface area contributed by atoms with Crippen LogP contribution in [0.4, 0.5) is 0 Å². The molecule has 0 radical (unpaired) electrons. The van der Waals surface area contributed by atoms with Gasteiger partial charge in [-0.25, -0.2) is 0 Å². The van der Waals surface area contributed by atoms with Crippen LogP contribution in [-0.4, -0.2) is 34.7 Å². The third-order valence-electron chi connectivity index (χ3n) is 3.16. The number of carbonyl (C=O) groups is 4. The molecular formula is C13H7Cl2NO6-2. The van der Waals surface area contributed by atoms with Gasteiger partial charge in [-0.05, 0) is 25.0 Å². The minimum absolute atomic E-state index is 0.0307. The molecule has 0 bridgehead atoms. The molecule has 1 aliphatic rings. The van der Waals surface area contributed by atoms with Crippen molar-refractivity contribution in [2.24, 2.45) is 0 Å². The minimum atomic E-state index is -1.74. The van der Waals surface area contributed by atoms with Crippen molar-refractivity contribution in [3.8, 4) is 0 Å². The number of aliphatic carboxylic acids is 2. The predicted octanol–water partition coefficient (Wildman–Crippen LogP) is -0.762. The van der Waals surface area contributed by atoms with Gasteiger partial charge in [0.2, 0.25) is 0 Å². The summed E-state index contributed by atoms with van der Waals surface area (Å²) >= 11 is 11.5. The van der Waals surface area contributed by atoms with E-state index in [1.807, 2.05) is 0 Å². The van der Waals surface area contributed by atoms with Crippen LogP contribution in [0.15, 0.2) is 12.1 Å². The van der Waals surface area contributed by atoms with Crippen molar-refractivity contribution in [2.45, 2.75) is 18.9 Å². The van der Waals surface area contributed by atoms with E-state index in [9.17, 15) is 29.4 Å². The lowest BCUT2D eigenvalue weighted by Gasteiger charge is -2.27. The summed E-state index contributed by atoms with van der Waals surface area (Å²) in [5.41, 5.74) is -0.196. The van der Waals surface area contributed by atoms with Crippen LogP contribution >= 0.6 is 23.2 Å². The zero-order valence-corrected chi connectivity index (χ0v) is 12.3. The summed E-state index contributed by atoms with van der Waals surface area (Å²) in [6, 6.07) is 0.595. The molecule has 0 unspecified atom stereocenters. The number of carboxylic acid groups (broad SMARTS) is 2. The molecule has 7 nitrogen and oxygen atoms in total. The second-order valence-electron chi connectivity index (χ2n) is 4.54. The Morgan fingerprint density at radius 1 is 1.05 bits per heavy atom. The van der Waals surface area contributed by atoms with E-state index in [2.05, 4.69) is 0 Å². The topological polar surface area (TPSA) is 118 Å². The zero-order chi connectivity index (χ0) is 16.6. The van der Waals surface area contributed by atoms with Crippen LogP contribution < -0.4 is 10.2 Å². The van der Waals surface area contributed by atoms with Crippen molar-refractivity contribution in [2.75, 3.05) is 0 Å². The summed E-state index contributed by atoms with van der Waals surface area (Å²) in [6.45, 7) is 0. The van der Waals surface area contributed by atoms with E-state index < -0.39 is 42.6 Å². The average Bonchev–Trinajstić information content (AvgIpc) is 2.64. The Labute approximate surface area is 134 Å². The fraction of sp³-hybridized carbons (Fsp3) is 0.231. The Balaban J connectivity index is 2.40. The molecule has 2 rings (SSSR count). The highest BCUT2D eigenvalue weighted by Gasteiger charge is 2.40. The summed E-state index contributed by atoms with van der Waals surface area (Å²) < 4.78 is 0. The normalized spacial score (nSPS) is 14.9. The van der Waals surface area contributed by atoms with Crippen LogP contribution in [0.3, 0.4) is 0 Å². The first-order chi connectivity index (χ1) is 10.2. The first-order valence-electron chi connectivity index (χ1n) is 6.01. The van der Waals surface area contributed by atoms with Gasteiger partial charge in [0, 0.05) is 5.97 Å². The monoisotopic (exact) mass is 343 g/mol. The SMILES string of the molecule is O=C([O-])CC[C@H](C(=O)[O-])N1C(=O)c2cc(Cl)c(Cl)cc2C1=O. The molecule has 0 N–H and O–H groups in total. The van der Waals surface area contributed by atoms with Crippen molar-refractivity contribution in [3.05, 3.63) is 33.3 Å². The highest BCUT2D eigenvalue weighted by atomic mass is 35.5. The molecule has 0 aromatic heterocycles. The molecule has 1 aromatic carbocycles. The summed E-state index contributed by atoms with van der Waals surface area (Å²) in [7, 11) is 0. The van der Waals surface area contributed by atoms with Gasteiger partial charge in [0.15, 0.2) is 0 Å². The molecule has 116 valence electrons. The maximum absolute atomic E-state index is 12.2. The fourth-order valence-electron chi connectivity index (χ4n) is 2.14. The summed E-state index contributed by atoms with van der Waals surface area (Å²) in [5.74, 6) is -5.04. The third kappa shape index (κ3) is 2.77. The summed E-state index contributed by atoms with van der Waals surface area (Å²) in [4.78, 5) is 46.5. The number of rotatable bonds is 5. The van der Waals surface area contributed by atoms with Crippen LogP contribution in [0.25, 0.3) is 0 Å². The molecule has 22 heavy (non-hydrogen) atoms. The van der Waals surface area contributed by atoms with E-state index in [0.717, 1.165) is 12.1 Å². The second kappa shape index (κ2) is 5.94. The highest BCUT2D eigenvalue weighted by molar-refractivity contribution is 6.43. The lowest BCUT2D eigenvalue weighted by Crippen LogP contribution is -2.51. The van der Waals surface area contributed by atoms with Crippen LogP contribution in [0.5, 0.6) is 0 Å². The summed E-state index contributed by atoms with van der Waals surface area (Å²) in [5, 5.41) is 21.7. The molecule has 1 heterocycles. The number of nitrogens with zero attached hydrogens (tertiary/aromatic N) is 1. The number of carbonyl (C=O) groups excluding carboxylic acids is 4. The van der Waals surface area contributed by atoms with Crippen LogP contribution in [0.2, 0.25) is 10.0 Å². The van der Waals surface area contributed by atoms with Crippen molar-refractivity contribution in [1.82, 2.24) is 4.90 Å². The first-order valence-corrected chi connectivity index (χ1v) is 6.77. The van der Waals surface area contributed by atoms with Crippen molar-refractivity contribution in [3.63, 3.8) is 0 Å². The van der Waals surface area contributed by atoms with E-state index in [-0.39, 0.29) is 21.2 Å². The van der Waals surface area contributed by atoms with Gasteiger partial charge < -0.3 is 19.8 Å². The van der Waals surface area contributed by atoms with E-state index in [1.165, 1.54) is 0 Å². The van der Waals surface area contributed by atoms with Crippen LogP contribution in [0, 0.1) is 0 Å². The molecule has 9 heteroatoms. The largest absolute Gasteiger partial charge is 0.550 e. The predicted molar refractivity (Wildman–Crippen MR) is 70.0 cm³/mol. The van der Waals surface area contributed by atoms with E-state index in [4.69, 9.17) is 23.2 Å².